The SMILES string of the molecule is Cc1ccc(-n2nnc(C3CCCN3)n2)c(C)c1. The number of benzene rings is 1. The highest BCUT2D eigenvalue weighted by molar-refractivity contribution is 5.40. The molecule has 1 saturated heterocycles. The largest absolute Gasteiger partial charge is 0.307 e. The van der Waals surface area contributed by atoms with Gasteiger partial charge in [-0.2, -0.15) is 0 Å². The van der Waals surface area contributed by atoms with Crippen molar-refractivity contribution in [2.75, 3.05) is 6.54 Å². The second-order valence-electron chi connectivity index (χ2n) is 4.88. The van der Waals surface area contributed by atoms with Gasteiger partial charge in [-0.1, -0.05) is 17.7 Å². The summed E-state index contributed by atoms with van der Waals surface area (Å²) in [6.45, 7) is 5.20. The number of hydrogen-bond donors (Lipinski definition) is 1. The number of aromatic nitrogens is 4. The van der Waals surface area contributed by atoms with Crippen molar-refractivity contribution < 1.29 is 0 Å². The Bertz CT molecular complexity index is 554. The monoisotopic (exact) mass is 243 g/mol. The summed E-state index contributed by atoms with van der Waals surface area (Å²) in [5, 5.41) is 16.2. The van der Waals surface area contributed by atoms with Crippen LogP contribution in [0.1, 0.15) is 35.8 Å². The fourth-order valence-electron chi connectivity index (χ4n) is 2.40. The highest BCUT2D eigenvalue weighted by atomic mass is 15.6. The lowest BCUT2D eigenvalue weighted by atomic mass is 10.1. The molecule has 5 nitrogen and oxygen atoms in total. The van der Waals surface area contributed by atoms with Crippen molar-refractivity contribution in [2.24, 2.45) is 0 Å². The maximum absolute atomic E-state index is 4.48. The summed E-state index contributed by atoms with van der Waals surface area (Å²) in [4.78, 5) is 1.63. The van der Waals surface area contributed by atoms with Gasteiger partial charge < -0.3 is 5.32 Å². The Labute approximate surface area is 106 Å². The zero-order valence-electron chi connectivity index (χ0n) is 10.7. The van der Waals surface area contributed by atoms with Crippen LogP contribution in [0.15, 0.2) is 18.2 Å². The van der Waals surface area contributed by atoms with Crippen LogP contribution in [0.3, 0.4) is 0 Å². The lowest BCUT2D eigenvalue weighted by molar-refractivity contribution is 0.602. The van der Waals surface area contributed by atoms with Crippen LogP contribution in [-0.2, 0) is 0 Å². The third kappa shape index (κ3) is 2.01. The molecule has 2 heterocycles. The molecule has 1 aromatic carbocycles. The third-order valence-electron chi connectivity index (χ3n) is 3.37. The van der Waals surface area contributed by atoms with Crippen LogP contribution in [0.5, 0.6) is 0 Å². The Morgan fingerprint density at radius 3 is 2.94 bits per heavy atom. The van der Waals surface area contributed by atoms with Crippen LogP contribution in [0.2, 0.25) is 0 Å². The van der Waals surface area contributed by atoms with Crippen molar-refractivity contribution in [3.63, 3.8) is 0 Å². The topological polar surface area (TPSA) is 55.6 Å². The van der Waals surface area contributed by atoms with Crippen molar-refractivity contribution >= 4 is 0 Å². The number of tetrazole rings is 1. The van der Waals surface area contributed by atoms with Crippen molar-refractivity contribution in [1.82, 2.24) is 25.5 Å². The van der Waals surface area contributed by atoms with E-state index in [1.165, 1.54) is 17.5 Å². The van der Waals surface area contributed by atoms with Crippen LogP contribution in [0.4, 0.5) is 0 Å². The normalized spacial score (nSPS) is 19.3. The fraction of sp³-hybridized carbons (Fsp3) is 0.462. The molecule has 1 aliphatic heterocycles. The number of nitrogens with one attached hydrogen (secondary N) is 1. The van der Waals surface area contributed by atoms with Gasteiger partial charge in [-0.15, -0.1) is 15.0 Å². The second-order valence-corrected chi connectivity index (χ2v) is 4.88. The molecule has 1 fully saturated rings. The molecule has 3 rings (SSSR count). The van der Waals surface area contributed by atoms with E-state index in [1.54, 1.807) is 4.80 Å². The molecule has 0 amide bonds. The van der Waals surface area contributed by atoms with Crippen LogP contribution in [0.25, 0.3) is 5.69 Å². The van der Waals surface area contributed by atoms with E-state index in [-0.39, 0.29) is 6.04 Å². The lowest BCUT2D eigenvalue weighted by Crippen LogP contribution is -2.14. The molecule has 18 heavy (non-hydrogen) atoms. The van der Waals surface area contributed by atoms with E-state index in [2.05, 4.69) is 46.7 Å². The third-order valence-corrected chi connectivity index (χ3v) is 3.37. The maximum Gasteiger partial charge on any atom is 0.192 e. The first-order valence-electron chi connectivity index (χ1n) is 6.35. The first-order chi connectivity index (χ1) is 8.74. The van der Waals surface area contributed by atoms with Gasteiger partial charge in [-0.3, -0.25) is 0 Å². The van der Waals surface area contributed by atoms with E-state index in [0.29, 0.717) is 0 Å². The van der Waals surface area contributed by atoms with Crippen LogP contribution < -0.4 is 5.32 Å². The molecule has 1 aromatic heterocycles. The van der Waals surface area contributed by atoms with Gasteiger partial charge in [-0.05, 0) is 50.1 Å². The molecule has 0 radical (unpaired) electrons. The Morgan fingerprint density at radius 2 is 2.22 bits per heavy atom. The van der Waals surface area contributed by atoms with E-state index in [1.807, 2.05) is 6.07 Å². The predicted molar refractivity (Wildman–Crippen MR) is 68.6 cm³/mol. The Morgan fingerprint density at radius 1 is 1.33 bits per heavy atom. The molecule has 2 aromatic rings. The van der Waals surface area contributed by atoms with Crippen LogP contribution in [-0.4, -0.2) is 26.8 Å². The molecule has 1 atom stereocenters. The summed E-state index contributed by atoms with van der Waals surface area (Å²) in [7, 11) is 0. The van der Waals surface area contributed by atoms with Gasteiger partial charge in [0.2, 0.25) is 0 Å². The number of nitrogens with zero attached hydrogens (tertiary/aromatic N) is 4. The van der Waals surface area contributed by atoms with E-state index >= 15 is 0 Å². The van der Waals surface area contributed by atoms with E-state index in [4.69, 9.17) is 0 Å². The van der Waals surface area contributed by atoms with Gasteiger partial charge in [0.1, 0.15) is 0 Å². The van der Waals surface area contributed by atoms with Gasteiger partial charge in [-0.25, -0.2) is 0 Å². The molecule has 1 N–H and O–H groups in total. The van der Waals surface area contributed by atoms with Crippen LogP contribution in [0, 0.1) is 13.8 Å². The smallest absolute Gasteiger partial charge is 0.192 e. The van der Waals surface area contributed by atoms with E-state index in [0.717, 1.165) is 24.5 Å². The molecule has 0 spiro atoms. The lowest BCUT2D eigenvalue weighted by Gasteiger charge is -2.05. The minimum atomic E-state index is 0.268. The van der Waals surface area contributed by atoms with Gasteiger partial charge >= 0.3 is 0 Å². The van der Waals surface area contributed by atoms with Crippen molar-refractivity contribution in [3.8, 4) is 5.69 Å². The predicted octanol–water partition coefficient (Wildman–Crippen LogP) is 1.70. The highest BCUT2D eigenvalue weighted by Gasteiger charge is 2.21. The van der Waals surface area contributed by atoms with Crippen molar-refractivity contribution in [1.29, 1.82) is 0 Å². The summed E-state index contributed by atoms with van der Waals surface area (Å²) in [6.07, 6.45) is 2.28. The average molecular weight is 243 g/mol. The molecule has 0 bridgehead atoms. The molecule has 1 unspecified atom stereocenters. The zero-order valence-corrected chi connectivity index (χ0v) is 10.7. The molecular formula is C13H17N5. The molecule has 0 saturated carbocycles. The molecular weight excluding hydrogens is 226 g/mol. The molecule has 1 aliphatic rings. The maximum atomic E-state index is 4.48. The van der Waals surface area contributed by atoms with Gasteiger partial charge in [0.25, 0.3) is 0 Å². The minimum Gasteiger partial charge on any atom is -0.307 e. The Hall–Kier alpha value is -1.75. The zero-order chi connectivity index (χ0) is 12.5. The average Bonchev–Trinajstić information content (AvgIpc) is 2.99. The molecule has 5 heteroatoms. The number of aryl methyl sites for hydroxylation is 2. The number of rotatable bonds is 2. The van der Waals surface area contributed by atoms with Gasteiger partial charge in [0, 0.05) is 0 Å². The standard InChI is InChI=1S/C13H17N5/c1-9-5-6-12(10(2)8-9)18-16-13(15-17-18)11-4-3-7-14-11/h5-6,8,11,14H,3-4,7H2,1-2H3. The fourth-order valence-corrected chi connectivity index (χ4v) is 2.40. The Balaban J connectivity index is 1.92. The number of hydrogen-bond acceptors (Lipinski definition) is 4. The minimum absolute atomic E-state index is 0.268. The summed E-state index contributed by atoms with van der Waals surface area (Å²) in [6, 6.07) is 6.51. The van der Waals surface area contributed by atoms with Crippen molar-refractivity contribution in [2.45, 2.75) is 32.7 Å². The summed E-state index contributed by atoms with van der Waals surface area (Å²) >= 11 is 0. The summed E-state index contributed by atoms with van der Waals surface area (Å²) < 4.78 is 0. The van der Waals surface area contributed by atoms with Gasteiger partial charge in [0.05, 0.1) is 11.7 Å². The quantitative estimate of drug-likeness (QED) is 0.872. The summed E-state index contributed by atoms with van der Waals surface area (Å²) in [5.41, 5.74) is 3.41. The first-order valence-corrected chi connectivity index (χ1v) is 6.35. The Kier molecular flexibility index (Phi) is 2.83. The second kappa shape index (κ2) is 4.49. The van der Waals surface area contributed by atoms with Crippen LogP contribution >= 0.6 is 0 Å². The molecule has 94 valence electrons. The molecule has 0 aliphatic carbocycles. The summed E-state index contributed by atoms with van der Waals surface area (Å²) in [5.74, 6) is 0.799. The van der Waals surface area contributed by atoms with E-state index < -0.39 is 0 Å². The van der Waals surface area contributed by atoms with E-state index in [9.17, 15) is 0 Å². The van der Waals surface area contributed by atoms with Crippen molar-refractivity contribution in [3.05, 3.63) is 35.2 Å². The first kappa shape index (κ1) is 11.3. The van der Waals surface area contributed by atoms with Gasteiger partial charge in [0.15, 0.2) is 5.82 Å². The highest BCUT2D eigenvalue weighted by Crippen LogP contribution is 2.20.